The first-order chi connectivity index (χ1) is 9.43. The van der Waals surface area contributed by atoms with Gasteiger partial charge in [0, 0.05) is 11.6 Å². The van der Waals surface area contributed by atoms with Crippen molar-refractivity contribution < 1.29 is 14.3 Å². The van der Waals surface area contributed by atoms with E-state index in [1.165, 1.54) is 0 Å². The molecule has 1 rings (SSSR count). The van der Waals surface area contributed by atoms with Crippen LogP contribution in [0.1, 0.15) is 37.6 Å². The summed E-state index contributed by atoms with van der Waals surface area (Å²) < 4.78 is 5.09. The predicted molar refractivity (Wildman–Crippen MR) is 78.5 cm³/mol. The summed E-state index contributed by atoms with van der Waals surface area (Å²) in [5.74, 6) is -0.576. The third kappa shape index (κ3) is 5.01. The molecule has 1 atom stereocenters. The molecule has 0 saturated heterocycles. The normalized spacial score (nSPS) is 12.1. The summed E-state index contributed by atoms with van der Waals surface area (Å²) in [5, 5.41) is 2.79. The molecule has 0 aliphatic rings. The minimum absolute atomic E-state index is 0.0760. The van der Waals surface area contributed by atoms with Crippen LogP contribution in [-0.4, -0.2) is 24.5 Å². The van der Waals surface area contributed by atoms with Gasteiger partial charge in [-0.25, -0.2) is 4.79 Å². The number of hydrogen-bond donors (Lipinski definition) is 2. The zero-order valence-corrected chi connectivity index (χ0v) is 12.2. The molecule has 5 nitrogen and oxygen atoms in total. The van der Waals surface area contributed by atoms with Crippen LogP contribution >= 0.6 is 0 Å². The number of carbonyl (C=O) groups is 2. The number of amides is 1. The molecule has 0 saturated carbocycles. The number of carbonyl (C=O) groups excluding carboxylic acids is 2. The Bertz CT molecular complexity index is 455. The van der Waals surface area contributed by atoms with E-state index < -0.39 is 0 Å². The highest BCUT2D eigenvalue weighted by Gasteiger charge is 2.13. The van der Waals surface area contributed by atoms with E-state index in [4.69, 9.17) is 10.5 Å². The van der Waals surface area contributed by atoms with Gasteiger partial charge in [0.05, 0.1) is 11.7 Å². The molecular formula is C15H22N2O3. The Labute approximate surface area is 119 Å². The average molecular weight is 278 g/mol. The quantitative estimate of drug-likeness (QED) is 0.781. The molecule has 0 bridgehead atoms. The largest absolute Gasteiger partial charge is 0.459 e. The number of ether oxygens (including phenoxy) is 1. The highest BCUT2D eigenvalue weighted by Crippen LogP contribution is 2.13. The maximum atomic E-state index is 11.8. The van der Waals surface area contributed by atoms with E-state index in [0.29, 0.717) is 24.2 Å². The number of nitrogens with one attached hydrogen (secondary N) is 1. The summed E-state index contributed by atoms with van der Waals surface area (Å²) >= 11 is 0. The fraction of sp³-hybridized carbons (Fsp3) is 0.467. The van der Waals surface area contributed by atoms with Gasteiger partial charge in [-0.15, -0.1) is 0 Å². The van der Waals surface area contributed by atoms with Gasteiger partial charge in [0.25, 0.3) is 0 Å². The molecule has 1 aromatic rings. The monoisotopic (exact) mass is 278 g/mol. The summed E-state index contributed by atoms with van der Waals surface area (Å²) in [6, 6.07) is 6.63. The smallest absolute Gasteiger partial charge is 0.338 e. The Morgan fingerprint density at radius 3 is 2.30 bits per heavy atom. The molecule has 3 N–H and O–H groups in total. The molecule has 1 aromatic carbocycles. The summed E-state index contributed by atoms with van der Waals surface area (Å²) in [7, 11) is 0. The van der Waals surface area contributed by atoms with E-state index in [1.54, 1.807) is 38.1 Å². The molecule has 110 valence electrons. The Balaban J connectivity index is 2.63. The number of benzene rings is 1. The van der Waals surface area contributed by atoms with Crippen molar-refractivity contribution in [2.75, 3.05) is 11.9 Å². The van der Waals surface area contributed by atoms with Gasteiger partial charge >= 0.3 is 5.97 Å². The zero-order valence-electron chi connectivity index (χ0n) is 12.2. The molecule has 0 aliphatic heterocycles. The highest BCUT2D eigenvalue weighted by atomic mass is 16.5. The van der Waals surface area contributed by atoms with E-state index in [-0.39, 0.29) is 23.9 Å². The Hall–Kier alpha value is -1.88. The zero-order chi connectivity index (χ0) is 15.1. The number of rotatable bonds is 6. The third-order valence-corrected chi connectivity index (χ3v) is 2.78. The second kappa shape index (κ2) is 7.65. The maximum Gasteiger partial charge on any atom is 0.338 e. The van der Waals surface area contributed by atoms with Gasteiger partial charge in [-0.05, 0) is 51.1 Å². The second-order valence-corrected chi connectivity index (χ2v) is 5.00. The molecule has 1 unspecified atom stereocenters. The Morgan fingerprint density at radius 1 is 1.20 bits per heavy atom. The SMILES string of the molecule is CC(C)OC(=O)c1ccc(NC(=O)C(C)CCN)cc1. The molecule has 0 fully saturated rings. The van der Waals surface area contributed by atoms with Gasteiger partial charge in [-0.2, -0.15) is 0 Å². The predicted octanol–water partition coefficient (Wildman–Crippen LogP) is 2.18. The fourth-order valence-corrected chi connectivity index (χ4v) is 1.62. The van der Waals surface area contributed by atoms with Crippen molar-refractivity contribution in [3.8, 4) is 0 Å². The van der Waals surface area contributed by atoms with Crippen molar-refractivity contribution in [1.29, 1.82) is 0 Å². The van der Waals surface area contributed by atoms with Crippen LogP contribution in [0.15, 0.2) is 24.3 Å². The van der Waals surface area contributed by atoms with Crippen molar-refractivity contribution in [3.05, 3.63) is 29.8 Å². The second-order valence-electron chi connectivity index (χ2n) is 5.00. The topological polar surface area (TPSA) is 81.4 Å². The van der Waals surface area contributed by atoms with Crippen LogP contribution in [0.25, 0.3) is 0 Å². The number of nitrogens with two attached hydrogens (primary N) is 1. The van der Waals surface area contributed by atoms with Crippen LogP contribution in [0.2, 0.25) is 0 Å². The van der Waals surface area contributed by atoms with E-state index in [2.05, 4.69) is 5.32 Å². The fourth-order valence-electron chi connectivity index (χ4n) is 1.62. The molecule has 0 aliphatic carbocycles. The van der Waals surface area contributed by atoms with Crippen molar-refractivity contribution >= 4 is 17.6 Å². The van der Waals surface area contributed by atoms with Crippen molar-refractivity contribution in [3.63, 3.8) is 0 Å². The first-order valence-electron chi connectivity index (χ1n) is 6.76. The molecule has 5 heteroatoms. The first-order valence-corrected chi connectivity index (χ1v) is 6.76. The molecular weight excluding hydrogens is 256 g/mol. The van der Waals surface area contributed by atoms with Gasteiger partial charge in [-0.1, -0.05) is 6.92 Å². The molecule has 0 spiro atoms. The molecule has 0 aromatic heterocycles. The van der Waals surface area contributed by atoms with Gasteiger partial charge in [0.15, 0.2) is 0 Å². The van der Waals surface area contributed by atoms with Gasteiger partial charge in [0.2, 0.25) is 5.91 Å². The van der Waals surface area contributed by atoms with E-state index >= 15 is 0 Å². The lowest BCUT2D eigenvalue weighted by Crippen LogP contribution is -2.22. The average Bonchev–Trinajstić information content (AvgIpc) is 2.39. The van der Waals surface area contributed by atoms with E-state index in [0.717, 1.165) is 0 Å². The molecule has 20 heavy (non-hydrogen) atoms. The van der Waals surface area contributed by atoms with Crippen LogP contribution in [-0.2, 0) is 9.53 Å². The lowest BCUT2D eigenvalue weighted by molar-refractivity contribution is -0.119. The van der Waals surface area contributed by atoms with Crippen LogP contribution in [0.3, 0.4) is 0 Å². The summed E-state index contributed by atoms with van der Waals surface area (Å²) in [5.41, 5.74) is 6.54. The number of hydrogen-bond acceptors (Lipinski definition) is 4. The van der Waals surface area contributed by atoms with E-state index in [1.807, 2.05) is 6.92 Å². The maximum absolute atomic E-state index is 11.8. The van der Waals surface area contributed by atoms with Crippen molar-refractivity contribution in [2.24, 2.45) is 11.7 Å². The third-order valence-electron chi connectivity index (χ3n) is 2.78. The van der Waals surface area contributed by atoms with Gasteiger partial charge in [-0.3, -0.25) is 4.79 Å². The van der Waals surface area contributed by atoms with Crippen molar-refractivity contribution in [2.45, 2.75) is 33.3 Å². The van der Waals surface area contributed by atoms with Crippen LogP contribution in [0.4, 0.5) is 5.69 Å². The summed E-state index contributed by atoms with van der Waals surface area (Å²) in [6.07, 6.45) is 0.490. The number of esters is 1. The summed E-state index contributed by atoms with van der Waals surface area (Å²) in [6.45, 7) is 5.90. The lowest BCUT2D eigenvalue weighted by Gasteiger charge is -2.12. The molecule has 0 radical (unpaired) electrons. The summed E-state index contributed by atoms with van der Waals surface area (Å²) in [4.78, 5) is 23.5. The van der Waals surface area contributed by atoms with E-state index in [9.17, 15) is 9.59 Å². The first kappa shape index (κ1) is 16.2. The van der Waals surface area contributed by atoms with Gasteiger partial charge < -0.3 is 15.8 Å². The Kier molecular flexibility index (Phi) is 6.18. The highest BCUT2D eigenvalue weighted by molar-refractivity contribution is 5.94. The van der Waals surface area contributed by atoms with Crippen molar-refractivity contribution in [1.82, 2.24) is 0 Å². The molecule has 0 heterocycles. The van der Waals surface area contributed by atoms with Gasteiger partial charge in [0.1, 0.15) is 0 Å². The van der Waals surface area contributed by atoms with Crippen LogP contribution in [0.5, 0.6) is 0 Å². The molecule has 1 amide bonds. The number of anilines is 1. The minimum Gasteiger partial charge on any atom is -0.459 e. The minimum atomic E-state index is -0.366. The lowest BCUT2D eigenvalue weighted by atomic mass is 10.1. The van der Waals surface area contributed by atoms with Crippen LogP contribution < -0.4 is 11.1 Å². The standard InChI is InChI=1S/C15H22N2O3/c1-10(2)20-15(19)12-4-6-13(7-5-12)17-14(18)11(3)8-9-16/h4-7,10-11H,8-9,16H2,1-3H3,(H,17,18). The van der Waals surface area contributed by atoms with Crippen LogP contribution in [0, 0.1) is 5.92 Å². The Morgan fingerprint density at radius 2 is 1.80 bits per heavy atom.